The molecule has 0 saturated heterocycles. The summed E-state index contributed by atoms with van der Waals surface area (Å²) < 4.78 is 1.73. The molecule has 0 unspecified atom stereocenters. The molecule has 2 aromatic rings. The van der Waals surface area contributed by atoms with Crippen LogP contribution >= 0.6 is 0 Å². The summed E-state index contributed by atoms with van der Waals surface area (Å²) in [5.41, 5.74) is 9.84. The van der Waals surface area contributed by atoms with Crippen molar-refractivity contribution in [1.29, 1.82) is 0 Å². The van der Waals surface area contributed by atoms with Crippen LogP contribution in [0.15, 0.2) is 48.7 Å². The highest BCUT2D eigenvalue weighted by Crippen LogP contribution is 2.29. The lowest BCUT2D eigenvalue weighted by Crippen LogP contribution is -2.23. The molecule has 2 atom stereocenters. The molecule has 1 fully saturated rings. The van der Waals surface area contributed by atoms with Gasteiger partial charge >= 0.3 is 0 Å². The molecule has 2 heterocycles. The number of nitrogens with one attached hydrogen (secondary N) is 1. The summed E-state index contributed by atoms with van der Waals surface area (Å²) >= 11 is 0. The largest absolute Gasteiger partial charge is 0.369 e. The number of carbonyl (C=O) groups excluding carboxylic acids is 1. The van der Waals surface area contributed by atoms with Crippen LogP contribution in [0.25, 0.3) is 28.0 Å². The van der Waals surface area contributed by atoms with Gasteiger partial charge in [-0.2, -0.15) is 9.67 Å². The number of nitrogens with two attached hydrogens (primary N) is 1. The third-order valence-corrected chi connectivity index (χ3v) is 5.32. The predicted molar refractivity (Wildman–Crippen MR) is 105 cm³/mol. The van der Waals surface area contributed by atoms with E-state index in [4.69, 9.17) is 5.73 Å². The highest BCUT2D eigenvalue weighted by Gasteiger charge is 2.29. The zero-order chi connectivity index (χ0) is 19.1. The second-order valence-corrected chi connectivity index (χ2v) is 7.19. The number of rotatable bonds is 4. The zero-order valence-corrected chi connectivity index (χ0v) is 15.1. The smallest absolute Gasteiger partial charge is 0.225 e. The minimum Gasteiger partial charge on any atom is -0.369 e. The van der Waals surface area contributed by atoms with Gasteiger partial charge in [-0.25, -0.2) is 4.98 Å². The summed E-state index contributed by atoms with van der Waals surface area (Å²) in [5, 5.41) is 11.8. The third kappa shape index (κ3) is 2.92. The van der Waals surface area contributed by atoms with Gasteiger partial charge in [0.2, 0.25) is 11.9 Å². The van der Waals surface area contributed by atoms with Crippen molar-refractivity contribution < 1.29 is 4.79 Å². The Kier molecular flexibility index (Phi) is 3.89. The quantitative estimate of drug-likeness (QED) is 0.568. The van der Waals surface area contributed by atoms with Crippen molar-refractivity contribution in [2.45, 2.75) is 25.3 Å². The Bertz CT molecular complexity index is 1110. The van der Waals surface area contributed by atoms with Crippen LogP contribution in [0.5, 0.6) is 0 Å². The first-order valence-corrected chi connectivity index (χ1v) is 9.31. The Hall–Kier alpha value is -3.55. The van der Waals surface area contributed by atoms with Crippen molar-refractivity contribution in [3.63, 3.8) is 0 Å². The van der Waals surface area contributed by atoms with Crippen LogP contribution < -0.4 is 11.1 Å². The topological polar surface area (TPSA) is 112 Å². The summed E-state index contributed by atoms with van der Waals surface area (Å²) in [6, 6.07) is 14.4. The fraction of sp³-hybridized carbons (Fsp3) is 0.250. The number of fused-ring (bicyclic) bond motifs is 2. The lowest BCUT2D eigenvalue weighted by atomic mass is 10.1. The summed E-state index contributed by atoms with van der Waals surface area (Å²) in [7, 11) is 0. The van der Waals surface area contributed by atoms with E-state index in [2.05, 4.69) is 49.9 Å². The van der Waals surface area contributed by atoms with Crippen molar-refractivity contribution in [1.82, 2.24) is 25.0 Å². The second kappa shape index (κ2) is 6.56. The molecule has 0 aliphatic heterocycles. The normalized spacial score (nSPS) is 19.3. The summed E-state index contributed by atoms with van der Waals surface area (Å²) in [6.07, 6.45) is 4.04. The molecule has 0 spiro atoms. The molecule has 8 nitrogen and oxygen atoms in total. The van der Waals surface area contributed by atoms with Crippen LogP contribution in [0.2, 0.25) is 0 Å². The number of anilines is 1. The van der Waals surface area contributed by atoms with Gasteiger partial charge in [0.05, 0.1) is 11.9 Å². The number of carbonyl (C=O) groups is 1. The predicted octanol–water partition coefficient (Wildman–Crippen LogP) is 2.38. The molecular weight excluding hydrogens is 354 g/mol. The van der Waals surface area contributed by atoms with E-state index in [1.165, 1.54) is 0 Å². The summed E-state index contributed by atoms with van der Waals surface area (Å²) in [5.74, 6) is 0.194. The standard InChI is InChI=1S/C20H19N7O/c21-18(28)14-6-7-15(8-14)23-20-22-11-17-19(24-20)27(26-25-17)16-9-12-4-2-1-3-5-13(12)10-16/h1-5,9-11,14-15H,6-8H2,(H2,21,28)(H,22,23,24)/t14-,15-/m1/s1. The number of aromatic nitrogens is 5. The highest BCUT2D eigenvalue weighted by molar-refractivity contribution is 5.77. The van der Waals surface area contributed by atoms with Crippen LogP contribution in [0.1, 0.15) is 19.3 Å². The van der Waals surface area contributed by atoms with Crippen molar-refractivity contribution in [2.24, 2.45) is 11.7 Å². The molecule has 0 radical (unpaired) electrons. The maximum atomic E-state index is 11.4. The van der Waals surface area contributed by atoms with Gasteiger partial charge in [0.1, 0.15) is 0 Å². The molecule has 8 heteroatoms. The molecule has 0 bridgehead atoms. The van der Waals surface area contributed by atoms with E-state index < -0.39 is 0 Å². The Labute approximate surface area is 161 Å². The van der Waals surface area contributed by atoms with E-state index in [-0.39, 0.29) is 17.9 Å². The van der Waals surface area contributed by atoms with E-state index in [1.54, 1.807) is 10.9 Å². The van der Waals surface area contributed by atoms with Gasteiger partial charge in [-0.15, -0.1) is 5.10 Å². The molecule has 28 heavy (non-hydrogen) atoms. The van der Waals surface area contributed by atoms with Gasteiger partial charge in [-0.1, -0.05) is 35.5 Å². The van der Waals surface area contributed by atoms with Crippen molar-refractivity contribution >= 4 is 23.0 Å². The minimum atomic E-state index is -0.236. The number of primary amides is 1. The van der Waals surface area contributed by atoms with Crippen molar-refractivity contribution in [3.8, 4) is 16.8 Å². The van der Waals surface area contributed by atoms with Crippen LogP contribution in [0.3, 0.4) is 0 Å². The van der Waals surface area contributed by atoms with E-state index in [9.17, 15) is 4.79 Å². The fourth-order valence-electron chi connectivity index (χ4n) is 3.85. The summed E-state index contributed by atoms with van der Waals surface area (Å²) in [4.78, 5) is 20.3. The lowest BCUT2D eigenvalue weighted by molar-refractivity contribution is -0.121. The molecule has 140 valence electrons. The molecule has 0 aromatic carbocycles. The average molecular weight is 373 g/mol. The van der Waals surface area contributed by atoms with Gasteiger partial charge in [0.25, 0.3) is 0 Å². The maximum Gasteiger partial charge on any atom is 0.225 e. The molecule has 3 N–H and O–H groups in total. The number of hydrogen-bond acceptors (Lipinski definition) is 6. The maximum absolute atomic E-state index is 11.4. The lowest BCUT2D eigenvalue weighted by Gasteiger charge is -2.12. The van der Waals surface area contributed by atoms with E-state index in [0.717, 1.165) is 29.7 Å². The fourth-order valence-corrected chi connectivity index (χ4v) is 3.85. The van der Waals surface area contributed by atoms with Crippen LogP contribution in [0.4, 0.5) is 5.95 Å². The number of hydrogen-bond donors (Lipinski definition) is 2. The first kappa shape index (κ1) is 16.6. The first-order chi connectivity index (χ1) is 13.7. The minimum absolute atomic E-state index is 0.0773. The SMILES string of the molecule is NC(=O)[C@@H]1CC[C@@H](Nc2ncc3nnn(-c4cc5cccccc-5c4)c3n2)C1. The van der Waals surface area contributed by atoms with E-state index >= 15 is 0 Å². The molecule has 3 aliphatic carbocycles. The monoisotopic (exact) mass is 373 g/mol. The van der Waals surface area contributed by atoms with E-state index in [1.807, 2.05) is 18.2 Å². The van der Waals surface area contributed by atoms with Gasteiger partial charge in [0.15, 0.2) is 11.2 Å². The number of amides is 1. The average Bonchev–Trinajstić information content (AvgIpc) is 3.37. The van der Waals surface area contributed by atoms with Crippen LogP contribution in [0, 0.1) is 5.92 Å². The molecule has 5 rings (SSSR count). The zero-order valence-electron chi connectivity index (χ0n) is 15.1. The Morgan fingerprint density at radius 3 is 2.64 bits per heavy atom. The number of nitrogens with zero attached hydrogens (tertiary/aromatic N) is 5. The molecule has 1 saturated carbocycles. The third-order valence-electron chi connectivity index (χ3n) is 5.32. The van der Waals surface area contributed by atoms with Crippen LogP contribution in [-0.4, -0.2) is 36.9 Å². The Morgan fingerprint density at radius 1 is 1.14 bits per heavy atom. The van der Waals surface area contributed by atoms with Crippen molar-refractivity contribution in [2.75, 3.05) is 5.32 Å². The first-order valence-electron chi connectivity index (χ1n) is 9.31. The molecular formula is C20H19N7O. The Balaban J connectivity index is 1.47. The van der Waals surface area contributed by atoms with Crippen molar-refractivity contribution in [3.05, 3.63) is 48.7 Å². The Morgan fingerprint density at radius 2 is 1.93 bits per heavy atom. The molecule has 3 aliphatic rings. The highest BCUT2D eigenvalue weighted by atomic mass is 16.1. The van der Waals surface area contributed by atoms with Gasteiger partial charge in [-0.3, -0.25) is 4.79 Å². The molecule has 2 aromatic heterocycles. The van der Waals surface area contributed by atoms with E-state index in [0.29, 0.717) is 23.5 Å². The van der Waals surface area contributed by atoms with Gasteiger partial charge < -0.3 is 11.1 Å². The molecule has 1 amide bonds. The van der Waals surface area contributed by atoms with Gasteiger partial charge in [0, 0.05) is 12.0 Å². The second-order valence-electron chi connectivity index (χ2n) is 7.19. The van der Waals surface area contributed by atoms with Gasteiger partial charge in [-0.05, 0) is 42.5 Å². The summed E-state index contributed by atoms with van der Waals surface area (Å²) in [6.45, 7) is 0. The van der Waals surface area contributed by atoms with Crippen LogP contribution in [-0.2, 0) is 4.79 Å².